The molecule has 170 valence electrons. The predicted molar refractivity (Wildman–Crippen MR) is 123 cm³/mol. The summed E-state index contributed by atoms with van der Waals surface area (Å²) >= 11 is 0. The molecule has 2 amide bonds. The zero-order chi connectivity index (χ0) is 21.5. The van der Waals surface area contributed by atoms with E-state index in [2.05, 4.69) is 45.0 Å². The summed E-state index contributed by atoms with van der Waals surface area (Å²) in [4.78, 5) is 32.3. The van der Waals surface area contributed by atoms with Gasteiger partial charge in [-0.05, 0) is 43.6 Å². The molecule has 0 radical (unpaired) electrons. The maximum Gasteiger partial charge on any atom is 0.225 e. The maximum absolute atomic E-state index is 12.9. The third kappa shape index (κ3) is 6.31. The first-order valence-electron chi connectivity index (χ1n) is 12.5. The van der Waals surface area contributed by atoms with E-state index in [9.17, 15) is 9.59 Å². The van der Waals surface area contributed by atoms with Crippen molar-refractivity contribution in [2.24, 2.45) is 11.8 Å². The quantitative estimate of drug-likeness (QED) is 0.694. The van der Waals surface area contributed by atoms with Crippen LogP contribution in [-0.4, -0.2) is 65.8 Å². The largest absolute Gasteiger partial charge is 0.342 e. The average molecular weight is 426 g/mol. The predicted octanol–water partition coefficient (Wildman–Crippen LogP) is 3.93. The van der Waals surface area contributed by atoms with Crippen LogP contribution in [0.4, 0.5) is 0 Å². The van der Waals surface area contributed by atoms with Gasteiger partial charge in [-0.2, -0.15) is 0 Å². The third-order valence-corrected chi connectivity index (χ3v) is 7.53. The molecule has 0 unspecified atom stereocenters. The molecule has 1 aromatic rings. The minimum atomic E-state index is 0.265. The number of benzene rings is 1. The number of nitrogens with zero attached hydrogens (tertiary/aromatic N) is 3. The molecule has 31 heavy (non-hydrogen) atoms. The van der Waals surface area contributed by atoms with Crippen molar-refractivity contribution in [2.75, 3.05) is 39.3 Å². The molecular weight excluding hydrogens is 386 g/mol. The smallest absolute Gasteiger partial charge is 0.225 e. The molecule has 0 bridgehead atoms. The Kier molecular flexibility index (Phi) is 8.01. The highest BCUT2D eigenvalue weighted by Gasteiger charge is 2.30. The molecule has 3 fully saturated rings. The van der Waals surface area contributed by atoms with E-state index in [0.29, 0.717) is 24.2 Å². The van der Waals surface area contributed by atoms with Crippen LogP contribution >= 0.6 is 0 Å². The maximum atomic E-state index is 12.9. The fourth-order valence-electron chi connectivity index (χ4n) is 5.59. The number of piperazine rings is 1. The summed E-state index contributed by atoms with van der Waals surface area (Å²) in [5.41, 5.74) is 1.34. The molecular formula is C26H39N3O2. The molecule has 0 N–H and O–H groups in total. The average Bonchev–Trinajstić information content (AvgIpc) is 2.84. The van der Waals surface area contributed by atoms with E-state index in [4.69, 9.17) is 0 Å². The van der Waals surface area contributed by atoms with E-state index in [1.165, 1.54) is 24.8 Å². The van der Waals surface area contributed by atoms with Crippen molar-refractivity contribution in [3.05, 3.63) is 35.9 Å². The molecule has 1 atom stereocenters. The summed E-state index contributed by atoms with van der Waals surface area (Å²) in [6.45, 7) is 6.33. The molecule has 0 spiro atoms. The molecule has 1 saturated carbocycles. The van der Waals surface area contributed by atoms with E-state index in [-0.39, 0.29) is 5.92 Å². The second-order valence-electron chi connectivity index (χ2n) is 9.81. The Morgan fingerprint density at radius 3 is 2.29 bits per heavy atom. The number of hydrogen-bond donors (Lipinski definition) is 0. The van der Waals surface area contributed by atoms with E-state index in [1.54, 1.807) is 0 Å². The van der Waals surface area contributed by atoms with Gasteiger partial charge >= 0.3 is 0 Å². The van der Waals surface area contributed by atoms with E-state index < -0.39 is 0 Å². The Labute approximate surface area is 187 Å². The molecule has 2 aliphatic heterocycles. The molecule has 2 heterocycles. The lowest BCUT2D eigenvalue weighted by Crippen LogP contribution is -2.48. The van der Waals surface area contributed by atoms with Crippen LogP contribution in [0.25, 0.3) is 0 Å². The normalized spacial score (nSPS) is 23.7. The summed E-state index contributed by atoms with van der Waals surface area (Å²) in [6.07, 6.45) is 9.68. The minimum absolute atomic E-state index is 0.265. The lowest BCUT2D eigenvalue weighted by molar-refractivity contribution is -0.138. The standard InChI is InChI=1S/C26H39N3O2/c30-25(28-18-16-27(17-19-28)20-22-8-3-1-4-9-22)14-13-23-10-7-15-29(21-23)26(31)24-11-5-2-6-12-24/h1,3-4,8-9,23-24H,2,5-7,10-21H2/t23-/m1/s1. The lowest BCUT2D eigenvalue weighted by Gasteiger charge is -2.37. The van der Waals surface area contributed by atoms with Crippen LogP contribution in [0, 0.1) is 11.8 Å². The Bertz CT molecular complexity index is 709. The lowest BCUT2D eigenvalue weighted by atomic mass is 9.86. The summed E-state index contributed by atoms with van der Waals surface area (Å²) in [7, 11) is 0. The molecule has 1 aromatic carbocycles. The number of carbonyl (C=O) groups excluding carboxylic acids is 2. The van der Waals surface area contributed by atoms with Crippen molar-refractivity contribution in [1.82, 2.24) is 14.7 Å². The molecule has 2 saturated heterocycles. The van der Waals surface area contributed by atoms with Gasteiger partial charge in [-0.15, -0.1) is 0 Å². The van der Waals surface area contributed by atoms with Gasteiger partial charge in [0.15, 0.2) is 0 Å². The summed E-state index contributed by atoms with van der Waals surface area (Å²) in [6, 6.07) is 10.6. The molecule has 1 aliphatic carbocycles. The zero-order valence-corrected chi connectivity index (χ0v) is 19.0. The van der Waals surface area contributed by atoms with Gasteiger partial charge in [0.2, 0.25) is 11.8 Å². The van der Waals surface area contributed by atoms with Crippen molar-refractivity contribution in [2.45, 2.75) is 64.3 Å². The second-order valence-corrected chi connectivity index (χ2v) is 9.81. The van der Waals surface area contributed by atoms with Gasteiger partial charge < -0.3 is 9.80 Å². The first-order chi connectivity index (χ1) is 15.2. The topological polar surface area (TPSA) is 43.9 Å². The second kappa shape index (κ2) is 11.1. The van der Waals surface area contributed by atoms with Gasteiger partial charge in [0.1, 0.15) is 0 Å². The van der Waals surface area contributed by atoms with Crippen LogP contribution in [0.15, 0.2) is 30.3 Å². The zero-order valence-electron chi connectivity index (χ0n) is 19.0. The number of hydrogen-bond acceptors (Lipinski definition) is 3. The Balaban J connectivity index is 1.17. The number of likely N-dealkylation sites (tertiary alicyclic amines) is 1. The van der Waals surface area contributed by atoms with Crippen LogP contribution in [0.5, 0.6) is 0 Å². The monoisotopic (exact) mass is 425 g/mol. The van der Waals surface area contributed by atoms with E-state index >= 15 is 0 Å². The van der Waals surface area contributed by atoms with Crippen molar-refractivity contribution in [3.63, 3.8) is 0 Å². The Hall–Kier alpha value is -1.88. The summed E-state index contributed by atoms with van der Waals surface area (Å²) in [5.74, 6) is 1.45. The molecule has 4 rings (SSSR count). The molecule has 5 heteroatoms. The Morgan fingerprint density at radius 2 is 1.55 bits per heavy atom. The van der Waals surface area contributed by atoms with E-state index in [1.807, 2.05) is 0 Å². The van der Waals surface area contributed by atoms with Gasteiger partial charge in [-0.1, -0.05) is 49.6 Å². The number of amides is 2. The third-order valence-electron chi connectivity index (χ3n) is 7.53. The Morgan fingerprint density at radius 1 is 0.806 bits per heavy atom. The fourth-order valence-corrected chi connectivity index (χ4v) is 5.59. The number of rotatable bonds is 6. The van der Waals surface area contributed by atoms with Gasteiger partial charge in [0.25, 0.3) is 0 Å². The minimum Gasteiger partial charge on any atom is -0.342 e. The molecule has 5 nitrogen and oxygen atoms in total. The highest BCUT2D eigenvalue weighted by molar-refractivity contribution is 5.79. The highest BCUT2D eigenvalue weighted by atomic mass is 16.2. The van der Waals surface area contributed by atoms with Crippen molar-refractivity contribution in [3.8, 4) is 0 Å². The van der Waals surface area contributed by atoms with Crippen LogP contribution in [0.1, 0.15) is 63.4 Å². The van der Waals surface area contributed by atoms with Gasteiger partial charge in [-0.25, -0.2) is 0 Å². The fraction of sp³-hybridized carbons (Fsp3) is 0.692. The van der Waals surface area contributed by atoms with Crippen LogP contribution in [0.2, 0.25) is 0 Å². The first-order valence-corrected chi connectivity index (χ1v) is 12.5. The van der Waals surface area contributed by atoms with Gasteiger partial charge in [-0.3, -0.25) is 14.5 Å². The molecule has 0 aromatic heterocycles. The first kappa shape index (κ1) is 22.3. The molecule has 3 aliphatic rings. The van der Waals surface area contributed by atoms with Crippen molar-refractivity contribution < 1.29 is 9.59 Å². The summed E-state index contributed by atoms with van der Waals surface area (Å²) < 4.78 is 0. The number of carbonyl (C=O) groups is 2. The van der Waals surface area contributed by atoms with Crippen LogP contribution in [-0.2, 0) is 16.1 Å². The van der Waals surface area contributed by atoms with E-state index in [0.717, 1.165) is 77.9 Å². The van der Waals surface area contributed by atoms with Crippen molar-refractivity contribution >= 4 is 11.8 Å². The SMILES string of the molecule is O=C(CC[C@H]1CCCN(C(=O)C2CCCCC2)C1)N1CCN(Cc2ccccc2)CC1. The van der Waals surface area contributed by atoms with Gasteiger partial charge in [0, 0.05) is 58.2 Å². The summed E-state index contributed by atoms with van der Waals surface area (Å²) in [5, 5.41) is 0. The van der Waals surface area contributed by atoms with Crippen LogP contribution < -0.4 is 0 Å². The number of piperidine rings is 1. The van der Waals surface area contributed by atoms with Gasteiger partial charge in [0.05, 0.1) is 0 Å². The van der Waals surface area contributed by atoms with Crippen molar-refractivity contribution in [1.29, 1.82) is 0 Å². The van der Waals surface area contributed by atoms with Crippen LogP contribution in [0.3, 0.4) is 0 Å². The highest BCUT2D eigenvalue weighted by Crippen LogP contribution is 2.28.